The fourth-order valence-corrected chi connectivity index (χ4v) is 2.85. The van der Waals surface area contributed by atoms with Crippen LogP contribution in [0.3, 0.4) is 0 Å². The van der Waals surface area contributed by atoms with Gasteiger partial charge in [-0.1, -0.05) is 12.1 Å². The number of carboxylic acid groups (broad SMARTS) is 1. The molecule has 1 heterocycles. The Morgan fingerprint density at radius 1 is 1.25 bits per heavy atom. The Kier molecular flexibility index (Phi) is 5.15. The van der Waals surface area contributed by atoms with Crippen LogP contribution in [0.5, 0.6) is 0 Å². The van der Waals surface area contributed by atoms with Gasteiger partial charge in [-0.25, -0.2) is 4.79 Å². The zero-order valence-corrected chi connectivity index (χ0v) is 12.4. The number of nitrogens with zero attached hydrogens (tertiary/aromatic N) is 2. The largest absolute Gasteiger partial charge is 0.478 e. The minimum atomic E-state index is -0.860. The zero-order chi connectivity index (χ0) is 14.5. The molecule has 110 valence electrons. The normalized spacial score (nSPS) is 17.6. The maximum atomic E-state index is 10.8. The van der Waals surface area contributed by atoms with Crippen LogP contribution >= 0.6 is 0 Å². The first-order valence-electron chi connectivity index (χ1n) is 7.24. The summed E-state index contributed by atoms with van der Waals surface area (Å²) in [5.41, 5.74) is 1.56. The molecule has 0 unspecified atom stereocenters. The van der Waals surface area contributed by atoms with Crippen LogP contribution in [0.1, 0.15) is 28.8 Å². The second-order valence-corrected chi connectivity index (χ2v) is 5.98. The number of hydrogen-bond donors (Lipinski definition) is 1. The van der Waals surface area contributed by atoms with Crippen LogP contribution in [-0.4, -0.2) is 54.6 Å². The van der Waals surface area contributed by atoms with E-state index in [0.29, 0.717) is 5.56 Å². The van der Waals surface area contributed by atoms with Crippen molar-refractivity contribution >= 4 is 5.97 Å². The highest BCUT2D eigenvalue weighted by atomic mass is 16.4. The molecule has 1 aromatic carbocycles. The molecule has 0 amide bonds. The fraction of sp³-hybridized carbons (Fsp3) is 0.562. The van der Waals surface area contributed by atoms with E-state index < -0.39 is 5.97 Å². The van der Waals surface area contributed by atoms with Gasteiger partial charge in [0.15, 0.2) is 0 Å². The molecule has 0 aliphatic carbocycles. The molecule has 1 aliphatic rings. The average Bonchev–Trinajstić information content (AvgIpc) is 2.41. The van der Waals surface area contributed by atoms with Crippen molar-refractivity contribution in [2.24, 2.45) is 5.92 Å². The molecule has 2 rings (SSSR count). The van der Waals surface area contributed by atoms with Gasteiger partial charge in [0.25, 0.3) is 0 Å². The minimum absolute atomic E-state index is 0.360. The highest BCUT2D eigenvalue weighted by molar-refractivity contribution is 5.87. The van der Waals surface area contributed by atoms with E-state index in [1.165, 1.54) is 24.9 Å². The van der Waals surface area contributed by atoms with Crippen LogP contribution in [-0.2, 0) is 6.54 Å². The van der Waals surface area contributed by atoms with Crippen molar-refractivity contribution in [3.63, 3.8) is 0 Å². The lowest BCUT2D eigenvalue weighted by molar-refractivity contribution is 0.0697. The van der Waals surface area contributed by atoms with Crippen molar-refractivity contribution in [2.75, 3.05) is 33.7 Å². The number of piperidine rings is 1. The van der Waals surface area contributed by atoms with Gasteiger partial charge in [-0.15, -0.1) is 0 Å². The quantitative estimate of drug-likeness (QED) is 0.895. The predicted molar refractivity (Wildman–Crippen MR) is 80.0 cm³/mol. The highest BCUT2D eigenvalue weighted by Gasteiger charge is 2.19. The third-order valence-corrected chi connectivity index (χ3v) is 3.94. The third-order valence-electron chi connectivity index (χ3n) is 3.94. The first kappa shape index (κ1) is 15.0. The fourth-order valence-electron chi connectivity index (χ4n) is 2.85. The van der Waals surface area contributed by atoms with Gasteiger partial charge in [-0.05, 0) is 63.6 Å². The SMILES string of the molecule is CN(C)CC1CCN(Cc2ccc(C(=O)O)cc2)CC1. The lowest BCUT2D eigenvalue weighted by Crippen LogP contribution is -2.36. The number of carboxylic acids is 1. The smallest absolute Gasteiger partial charge is 0.335 e. The maximum Gasteiger partial charge on any atom is 0.335 e. The lowest BCUT2D eigenvalue weighted by atomic mass is 9.96. The van der Waals surface area contributed by atoms with Crippen molar-refractivity contribution in [2.45, 2.75) is 19.4 Å². The second-order valence-electron chi connectivity index (χ2n) is 5.98. The van der Waals surface area contributed by atoms with E-state index >= 15 is 0 Å². The molecule has 4 nitrogen and oxygen atoms in total. The van der Waals surface area contributed by atoms with Crippen molar-refractivity contribution in [3.05, 3.63) is 35.4 Å². The summed E-state index contributed by atoms with van der Waals surface area (Å²) < 4.78 is 0. The Morgan fingerprint density at radius 2 is 1.85 bits per heavy atom. The van der Waals surface area contributed by atoms with Gasteiger partial charge in [0.2, 0.25) is 0 Å². The van der Waals surface area contributed by atoms with Crippen LogP contribution in [0.25, 0.3) is 0 Å². The van der Waals surface area contributed by atoms with E-state index in [1.807, 2.05) is 12.1 Å². The summed E-state index contributed by atoms with van der Waals surface area (Å²) in [6, 6.07) is 7.23. The van der Waals surface area contributed by atoms with Crippen LogP contribution in [0.4, 0.5) is 0 Å². The van der Waals surface area contributed by atoms with Crippen molar-refractivity contribution in [1.29, 1.82) is 0 Å². The standard InChI is InChI=1S/C16H24N2O2/c1-17(2)11-14-7-9-18(10-8-14)12-13-3-5-15(6-4-13)16(19)20/h3-6,14H,7-12H2,1-2H3,(H,19,20). The molecule has 0 atom stereocenters. The summed E-state index contributed by atoms with van der Waals surface area (Å²) in [6.07, 6.45) is 2.51. The van der Waals surface area contributed by atoms with Crippen molar-refractivity contribution < 1.29 is 9.90 Å². The Hall–Kier alpha value is -1.39. The molecule has 0 saturated carbocycles. The molecule has 1 N–H and O–H groups in total. The van der Waals surface area contributed by atoms with Gasteiger partial charge in [0.05, 0.1) is 5.56 Å². The van der Waals surface area contributed by atoms with Gasteiger partial charge in [0.1, 0.15) is 0 Å². The Bertz CT molecular complexity index is 434. The van der Waals surface area contributed by atoms with E-state index in [-0.39, 0.29) is 0 Å². The Morgan fingerprint density at radius 3 is 2.35 bits per heavy atom. The number of aromatic carboxylic acids is 1. The van der Waals surface area contributed by atoms with Crippen LogP contribution < -0.4 is 0 Å². The summed E-state index contributed by atoms with van der Waals surface area (Å²) in [4.78, 5) is 15.5. The number of carbonyl (C=O) groups is 1. The molecular weight excluding hydrogens is 252 g/mol. The van der Waals surface area contributed by atoms with E-state index in [1.54, 1.807) is 12.1 Å². The molecule has 1 fully saturated rings. The molecular formula is C16H24N2O2. The van der Waals surface area contributed by atoms with Gasteiger partial charge in [-0.3, -0.25) is 4.90 Å². The topological polar surface area (TPSA) is 43.8 Å². The lowest BCUT2D eigenvalue weighted by Gasteiger charge is -2.33. The molecule has 0 radical (unpaired) electrons. The summed E-state index contributed by atoms with van der Waals surface area (Å²) in [6.45, 7) is 4.38. The van der Waals surface area contributed by atoms with Crippen LogP contribution in [0.2, 0.25) is 0 Å². The maximum absolute atomic E-state index is 10.8. The summed E-state index contributed by atoms with van der Waals surface area (Å²) in [5.74, 6) is -0.0447. The molecule has 20 heavy (non-hydrogen) atoms. The van der Waals surface area contributed by atoms with Crippen LogP contribution in [0, 0.1) is 5.92 Å². The third kappa shape index (κ3) is 4.32. The van der Waals surface area contributed by atoms with Crippen LogP contribution in [0.15, 0.2) is 24.3 Å². The molecule has 0 spiro atoms. The first-order chi connectivity index (χ1) is 9.54. The average molecular weight is 276 g/mol. The van der Waals surface area contributed by atoms with Crippen molar-refractivity contribution in [1.82, 2.24) is 9.80 Å². The van der Waals surface area contributed by atoms with E-state index in [0.717, 1.165) is 25.6 Å². The number of rotatable bonds is 5. The Balaban J connectivity index is 1.81. The first-order valence-corrected chi connectivity index (χ1v) is 7.24. The summed E-state index contributed by atoms with van der Waals surface area (Å²) in [7, 11) is 4.27. The number of likely N-dealkylation sites (tertiary alicyclic amines) is 1. The molecule has 1 aromatic rings. The van der Waals surface area contributed by atoms with Gasteiger partial charge >= 0.3 is 5.97 Å². The monoisotopic (exact) mass is 276 g/mol. The number of hydrogen-bond acceptors (Lipinski definition) is 3. The molecule has 1 saturated heterocycles. The van der Waals surface area contributed by atoms with Crippen molar-refractivity contribution in [3.8, 4) is 0 Å². The molecule has 0 aromatic heterocycles. The van der Waals surface area contributed by atoms with E-state index in [9.17, 15) is 4.79 Å². The van der Waals surface area contributed by atoms with Gasteiger partial charge in [-0.2, -0.15) is 0 Å². The second kappa shape index (κ2) is 6.86. The van der Waals surface area contributed by atoms with E-state index in [2.05, 4.69) is 23.9 Å². The summed E-state index contributed by atoms with van der Waals surface area (Å²) >= 11 is 0. The zero-order valence-electron chi connectivity index (χ0n) is 12.4. The van der Waals surface area contributed by atoms with E-state index in [4.69, 9.17) is 5.11 Å². The predicted octanol–water partition coefficient (Wildman–Crippen LogP) is 2.16. The summed E-state index contributed by atoms with van der Waals surface area (Å²) in [5, 5.41) is 8.88. The molecule has 4 heteroatoms. The van der Waals surface area contributed by atoms with Gasteiger partial charge < -0.3 is 10.0 Å². The van der Waals surface area contributed by atoms with Gasteiger partial charge in [0, 0.05) is 13.1 Å². The highest BCUT2D eigenvalue weighted by Crippen LogP contribution is 2.19. The molecule has 0 bridgehead atoms. The Labute approximate surface area is 121 Å². The minimum Gasteiger partial charge on any atom is -0.478 e. The number of benzene rings is 1. The molecule has 1 aliphatic heterocycles.